The van der Waals surface area contributed by atoms with Crippen molar-refractivity contribution in [3.63, 3.8) is 0 Å². The molecule has 0 spiro atoms. The highest BCUT2D eigenvalue weighted by atomic mass is 32.2. The van der Waals surface area contributed by atoms with Crippen LogP contribution in [-0.4, -0.2) is 21.9 Å². The van der Waals surface area contributed by atoms with Crippen molar-refractivity contribution >= 4 is 34.7 Å². The van der Waals surface area contributed by atoms with Gasteiger partial charge in [-0.05, 0) is 11.4 Å². The van der Waals surface area contributed by atoms with E-state index in [2.05, 4.69) is 15.5 Å². The second-order valence-electron chi connectivity index (χ2n) is 2.76. The van der Waals surface area contributed by atoms with Crippen LogP contribution in [-0.2, 0) is 4.79 Å². The molecule has 0 unspecified atom stereocenters. The topological polar surface area (TPSA) is 57.8 Å². The van der Waals surface area contributed by atoms with Crippen LogP contribution in [0.3, 0.4) is 0 Å². The number of amides is 1. The monoisotopic (exact) mass is 239 g/mol. The molecule has 4 nitrogen and oxygen atoms in total. The molecule has 0 saturated heterocycles. The maximum atomic E-state index is 11.4. The van der Waals surface area contributed by atoms with Crippen LogP contribution in [0.1, 0.15) is 0 Å². The molecule has 0 bridgehead atoms. The quantitative estimate of drug-likeness (QED) is 0.804. The average Bonchev–Trinajstić information content (AvgIpc) is 2.86. The summed E-state index contributed by atoms with van der Waals surface area (Å²) in [7, 11) is 0. The van der Waals surface area contributed by atoms with Crippen molar-refractivity contribution < 1.29 is 4.79 Å². The minimum absolute atomic E-state index is 0.0187. The van der Waals surface area contributed by atoms with E-state index in [4.69, 9.17) is 0 Å². The summed E-state index contributed by atoms with van der Waals surface area (Å²) < 4.78 is 1.15. The molecule has 2 heterocycles. The molecule has 2 N–H and O–H groups in total. The molecule has 0 aliphatic rings. The SMILES string of the molecule is O=C(CSc1cccs1)Nc1cn[nH]c1. The van der Waals surface area contributed by atoms with Crippen LogP contribution in [0.2, 0.25) is 0 Å². The van der Waals surface area contributed by atoms with Gasteiger partial charge in [-0.2, -0.15) is 5.10 Å². The zero-order valence-electron chi connectivity index (χ0n) is 7.77. The number of carbonyl (C=O) groups is 1. The van der Waals surface area contributed by atoms with Gasteiger partial charge in [-0.25, -0.2) is 0 Å². The van der Waals surface area contributed by atoms with Crippen molar-refractivity contribution in [1.82, 2.24) is 10.2 Å². The molecule has 0 atom stereocenters. The number of hydrogen-bond donors (Lipinski definition) is 2. The molecule has 2 aromatic heterocycles. The Morgan fingerprint density at radius 3 is 3.27 bits per heavy atom. The lowest BCUT2D eigenvalue weighted by molar-refractivity contribution is -0.113. The van der Waals surface area contributed by atoms with E-state index in [0.29, 0.717) is 11.4 Å². The van der Waals surface area contributed by atoms with Gasteiger partial charge < -0.3 is 5.32 Å². The maximum absolute atomic E-state index is 11.4. The average molecular weight is 239 g/mol. The molecule has 0 aliphatic heterocycles. The standard InChI is InChI=1S/C9H9N3OS2/c13-8(12-7-4-10-11-5-7)6-15-9-2-1-3-14-9/h1-5H,6H2,(H,10,11)(H,12,13). The van der Waals surface area contributed by atoms with E-state index in [9.17, 15) is 4.79 Å². The molecule has 15 heavy (non-hydrogen) atoms. The van der Waals surface area contributed by atoms with Crippen LogP contribution in [0, 0.1) is 0 Å². The number of H-pyrrole nitrogens is 1. The highest BCUT2D eigenvalue weighted by Gasteiger charge is 2.04. The summed E-state index contributed by atoms with van der Waals surface area (Å²) in [4.78, 5) is 11.4. The third kappa shape index (κ3) is 3.10. The third-order valence-corrected chi connectivity index (χ3v) is 3.75. The van der Waals surface area contributed by atoms with E-state index in [-0.39, 0.29) is 5.91 Å². The van der Waals surface area contributed by atoms with Crippen LogP contribution in [0.25, 0.3) is 0 Å². The highest BCUT2D eigenvalue weighted by Crippen LogP contribution is 2.23. The lowest BCUT2D eigenvalue weighted by Crippen LogP contribution is -2.13. The van der Waals surface area contributed by atoms with Gasteiger partial charge in [-0.15, -0.1) is 23.1 Å². The fourth-order valence-corrected chi connectivity index (χ4v) is 2.58. The van der Waals surface area contributed by atoms with Crippen molar-refractivity contribution in [2.24, 2.45) is 0 Å². The van der Waals surface area contributed by atoms with Crippen LogP contribution < -0.4 is 5.32 Å². The molecule has 78 valence electrons. The zero-order chi connectivity index (χ0) is 10.5. The number of thiophene rings is 1. The summed E-state index contributed by atoms with van der Waals surface area (Å²) >= 11 is 3.17. The number of thioether (sulfide) groups is 1. The van der Waals surface area contributed by atoms with Crippen molar-refractivity contribution in [3.05, 3.63) is 29.9 Å². The Kier molecular flexibility index (Phi) is 3.41. The van der Waals surface area contributed by atoms with Crippen LogP contribution in [0.15, 0.2) is 34.1 Å². The molecule has 6 heteroatoms. The Morgan fingerprint density at radius 1 is 1.67 bits per heavy atom. The normalized spacial score (nSPS) is 10.1. The second kappa shape index (κ2) is 4.99. The molecule has 0 aromatic carbocycles. The van der Waals surface area contributed by atoms with Gasteiger partial charge in [0.15, 0.2) is 0 Å². The molecular weight excluding hydrogens is 230 g/mol. The summed E-state index contributed by atoms with van der Waals surface area (Å²) in [6.45, 7) is 0. The number of rotatable bonds is 4. The fraction of sp³-hybridized carbons (Fsp3) is 0.111. The van der Waals surface area contributed by atoms with Gasteiger partial charge >= 0.3 is 0 Å². The molecule has 1 amide bonds. The number of hydrogen-bond acceptors (Lipinski definition) is 4. The van der Waals surface area contributed by atoms with Crippen molar-refractivity contribution in [2.75, 3.05) is 11.1 Å². The van der Waals surface area contributed by atoms with Crippen molar-refractivity contribution in [1.29, 1.82) is 0 Å². The van der Waals surface area contributed by atoms with E-state index in [1.807, 2.05) is 17.5 Å². The van der Waals surface area contributed by atoms with Crippen LogP contribution in [0.4, 0.5) is 5.69 Å². The molecule has 2 aromatic rings. The van der Waals surface area contributed by atoms with Gasteiger partial charge in [0.25, 0.3) is 0 Å². The van der Waals surface area contributed by atoms with Crippen molar-refractivity contribution in [2.45, 2.75) is 4.21 Å². The second-order valence-corrected chi connectivity index (χ2v) is 4.98. The van der Waals surface area contributed by atoms with Gasteiger partial charge in [0.2, 0.25) is 5.91 Å². The summed E-state index contributed by atoms with van der Waals surface area (Å²) in [6.07, 6.45) is 3.22. The van der Waals surface area contributed by atoms with Gasteiger partial charge in [-0.1, -0.05) is 6.07 Å². The van der Waals surface area contributed by atoms with Gasteiger partial charge in [0.1, 0.15) is 0 Å². The van der Waals surface area contributed by atoms with E-state index in [1.165, 1.54) is 11.8 Å². The van der Waals surface area contributed by atoms with E-state index in [1.54, 1.807) is 23.7 Å². The Hall–Kier alpha value is -1.27. The molecule has 0 radical (unpaired) electrons. The van der Waals surface area contributed by atoms with Gasteiger partial charge in [0.05, 0.1) is 21.8 Å². The lowest BCUT2D eigenvalue weighted by atomic mass is 10.5. The first-order chi connectivity index (χ1) is 7.34. The summed E-state index contributed by atoms with van der Waals surface area (Å²) in [5, 5.41) is 11.1. The predicted octanol–water partition coefficient (Wildman–Crippen LogP) is 2.20. The largest absolute Gasteiger partial charge is 0.323 e. The van der Waals surface area contributed by atoms with Crippen molar-refractivity contribution in [3.8, 4) is 0 Å². The molecule has 0 fully saturated rings. The highest BCUT2D eigenvalue weighted by molar-refractivity contribution is 8.01. The first-order valence-electron chi connectivity index (χ1n) is 4.29. The number of carbonyl (C=O) groups excluding carboxylic acids is 1. The Balaban J connectivity index is 1.78. The molecule has 0 aliphatic carbocycles. The minimum atomic E-state index is -0.0187. The zero-order valence-corrected chi connectivity index (χ0v) is 9.40. The maximum Gasteiger partial charge on any atom is 0.234 e. The first kappa shape index (κ1) is 10.3. The smallest absolute Gasteiger partial charge is 0.234 e. The van der Waals surface area contributed by atoms with Gasteiger partial charge in [-0.3, -0.25) is 9.89 Å². The number of nitrogens with one attached hydrogen (secondary N) is 2. The Labute approximate surface area is 95.1 Å². The summed E-state index contributed by atoms with van der Waals surface area (Å²) in [6, 6.07) is 3.97. The number of aromatic amines is 1. The molecular formula is C9H9N3OS2. The van der Waals surface area contributed by atoms with Crippen LogP contribution >= 0.6 is 23.1 Å². The molecule has 0 saturated carbocycles. The first-order valence-corrected chi connectivity index (χ1v) is 6.16. The summed E-state index contributed by atoms with van der Waals surface area (Å²) in [5.41, 5.74) is 0.701. The Bertz CT molecular complexity index is 411. The van der Waals surface area contributed by atoms with E-state index in [0.717, 1.165) is 4.21 Å². The predicted molar refractivity (Wildman–Crippen MR) is 62.3 cm³/mol. The van der Waals surface area contributed by atoms with Gasteiger partial charge in [0, 0.05) is 6.20 Å². The number of nitrogens with zero attached hydrogens (tertiary/aromatic N) is 1. The summed E-state index contributed by atoms with van der Waals surface area (Å²) in [5.74, 6) is 0.404. The van der Waals surface area contributed by atoms with Crippen LogP contribution in [0.5, 0.6) is 0 Å². The lowest BCUT2D eigenvalue weighted by Gasteiger charge is -2.00. The minimum Gasteiger partial charge on any atom is -0.323 e. The molecule has 2 rings (SSSR count). The number of anilines is 1. The fourth-order valence-electron chi connectivity index (χ4n) is 0.999. The van der Waals surface area contributed by atoms with E-state index < -0.39 is 0 Å². The number of aromatic nitrogens is 2. The Morgan fingerprint density at radius 2 is 2.60 bits per heavy atom. The van der Waals surface area contributed by atoms with E-state index >= 15 is 0 Å². The third-order valence-electron chi connectivity index (χ3n) is 1.62.